The first-order chi connectivity index (χ1) is 7.68. The first kappa shape index (κ1) is 11.9. The fourth-order valence-corrected chi connectivity index (χ4v) is 3.51. The van der Waals surface area contributed by atoms with E-state index in [-0.39, 0.29) is 5.25 Å². The Labute approximate surface area is 102 Å². The molecule has 16 heavy (non-hydrogen) atoms. The standard InChI is InChI=1S/C11H14ClNO2S/c12-8-1-2-10(13)11(7-8)16(14)9-3-5-15-6-4-9/h1-2,7,9H,3-6,13H2. The zero-order valence-electron chi connectivity index (χ0n) is 8.82. The fourth-order valence-electron chi connectivity index (χ4n) is 1.75. The van der Waals surface area contributed by atoms with Crippen LogP contribution in [0.5, 0.6) is 0 Å². The SMILES string of the molecule is Nc1ccc(Cl)cc1S(=O)C1CCOCC1. The van der Waals surface area contributed by atoms with Gasteiger partial charge in [0.25, 0.3) is 0 Å². The number of hydrogen-bond donors (Lipinski definition) is 1. The summed E-state index contributed by atoms with van der Waals surface area (Å²) >= 11 is 5.89. The molecule has 0 aliphatic carbocycles. The molecule has 0 saturated carbocycles. The van der Waals surface area contributed by atoms with Gasteiger partial charge in [-0.15, -0.1) is 0 Å². The molecular weight excluding hydrogens is 246 g/mol. The normalized spacial score (nSPS) is 19.6. The second-order valence-corrected chi connectivity index (χ2v) is 5.93. The first-order valence-corrected chi connectivity index (χ1v) is 6.81. The van der Waals surface area contributed by atoms with E-state index in [1.165, 1.54) is 0 Å². The van der Waals surface area contributed by atoms with E-state index in [1.807, 2.05) is 0 Å². The van der Waals surface area contributed by atoms with E-state index in [1.54, 1.807) is 18.2 Å². The molecule has 88 valence electrons. The molecule has 1 unspecified atom stereocenters. The Morgan fingerprint density at radius 3 is 2.75 bits per heavy atom. The summed E-state index contributed by atoms with van der Waals surface area (Å²) in [6.07, 6.45) is 1.64. The highest BCUT2D eigenvalue weighted by atomic mass is 35.5. The van der Waals surface area contributed by atoms with E-state index < -0.39 is 10.8 Å². The molecule has 1 saturated heterocycles. The van der Waals surface area contributed by atoms with Crippen molar-refractivity contribution in [3.05, 3.63) is 23.2 Å². The second-order valence-electron chi connectivity index (χ2n) is 3.79. The van der Waals surface area contributed by atoms with Crippen LogP contribution in [0.1, 0.15) is 12.8 Å². The van der Waals surface area contributed by atoms with Gasteiger partial charge in [-0.05, 0) is 31.0 Å². The van der Waals surface area contributed by atoms with Crippen LogP contribution in [0.15, 0.2) is 23.1 Å². The molecule has 1 aliphatic heterocycles. The van der Waals surface area contributed by atoms with Gasteiger partial charge < -0.3 is 10.5 Å². The molecule has 1 fully saturated rings. The summed E-state index contributed by atoms with van der Waals surface area (Å²) in [6, 6.07) is 5.11. The molecule has 0 amide bonds. The van der Waals surface area contributed by atoms with E-state index >= 15 is 0 Å². The summed E-state index contributed by atoms with van der Waals surface area (Å²) in [5.74, 6) is 0. The van der Waals surface area contributed by atoms with E-state index in [2.05, 4.69) is 0 Å². The van der Waals surface area contributed by atoms with E-state index in [0.717, 1.165) is 12.8 Å². The van der Waals surface area contributed by atoms with Gasteiger partial charge in [0.2, 0.25) is 0 Å². The summed E-state index contributed by atoms with van der Waals surface area (Å²) in [7, 11) is -1.08. The topological polar surface area (TPSA) is 52.3 Å². The third kappa shape index (κ3) is 2.56. The van der Waals surface area contributed by atoms with Crippen LogP contribution in [0.25, 0.3) is 0 Å². The Balaban J connectivity index is 2.22. The predicted molar refractivity (Wildman–Crippen MR) is 66.1 cm³/mol. The van der Waals surface area contributed by atoms with Gasteiger partial charge in [-0.1, -0.05) is 11.6 Å². The van der Waals surface area contributed by atoms with E-state index in [9.17, 15) is 4.21 Å². The van der Waals surface area contributed by atoms with Gasteiger partial charge in [-0.25, -0.2) is 0 Å². The van der Waals surface area contributed by atoms with Crippen LogP contribution in [0.3, 0.4) is 0 Å². The minimum Gasteiger partial charge on any atom is -0.398 e. The minimum atomic E-state index is -1.08. The number of nitrogens with two attached hydrogens (primary N) is 1. The minimum absolute atomic E-state index is 0.134. The van der Waals surface area contributed by atoms with Gasteiger partial charge in [0.05, 0.1) is 15.7 Å². The molecule has 1 atom stereocenters. The quantitative estimate of drug-likeness (QED) is 0.829. The van der Waals surface area contributed by atoms with Crippen molar-refractivity contribution in [2.75, 3.05) is 18.9 Å². The van der Waals surface area contributed by atoms with Crippen LogP contribution >= 0.6 is 11.6 Å². The molecule has 1 aliphatic rings. The zero-order valence-corrected chi connectivity index (χ0v) is 10.4. The average Bonchev–Trinajstić information content (AvgIpc) is 2.32. The highest BCUT2D eigenvalue weighted by Gasteiger charge is 2.23. The number of hydrogen-bond acceptors (Lipinski definition) is 3. The number of ether oxygens (including phenoxy) is 1. The van der Waals surface area contributed by atoms with Gasteiger partial charge in [-0.3, -0.25) is 4.21 Å². The molecule has 0 radical (unpaired) electrons. The molecular formula is C11H14ClNO2S. The van der Waals surface area contributed by atoms with Crippen molar-refractivity contribution < 1.29 is 8.95 Å². The fraction of sp³-hybridized carbons (Fsp3) is 0.455. The lowest BCUT2D eigenvalue weighted by molar-refractivity contribution is 0.0992. The highest BCUT2D eigenvalue weighted by molar-refractivity contribution is 7.85. The maximum Gasteiger partial charge on any atom is 0.0635 e. The van der Waals surface area contributed by atoms with E-state index in [0.29, 0.717) is 28.8 Å². The number of nitrogen functional groups attached to an aromatic ring is 1. The van der Waals surface area contributed by atoms with E-state index in [4.69, 9.17) is 22.1 Å². The number of anilines is 1. The van der Waals surface area contributed by atoms with Crippen LogP contribution in [0, 0.1) is 0 Å². The predicted octanol–water partition coefficient (Wildman–Crippen LogP) is 2.21. The van der Waals surface area contributed by atoms with Crippen LogP contribution in [0.2, 0.25) is 5.02 Å². The van der Waals surface area contributed by atoms with Crippen LogP contribution in [-0.2, 0) is 15.5 Å². The van der Waals surface area contributed by atoms with Gasteiger partial charge in [0.15, 0.2) is 0 Å². The monoisotopic (exact) mass is 259 g/mol. The smallest absolute Gasteiger partial charge is 0.0635 e. The molecule has 1 aromatic carbocycles. The number of rotatable bonds is 2. The first-order valence-electron chi connectivity index (χ1n) is 5.22. The Bertz CT molecular complexity index is 405. The van der Waals surface area contributed by atoms with Crippen molar-refractivity contribution in [3.8, 4) is 0 Å². The molecule has 0 aromatic heterocycles. The van der Waals surface area contributed by atoms with Crippen molar-refractivity contribution in [2.45, 2.75) is 23.0 Å². The van der Waals surface area contributed by atoms with Crippen molar-refractivity contribution >= 4 is 28.1 Å². The zero-order chi connectivity index (χ0) is 11.5. The third-order valence-electron chi connectivity index (χ3n) is 2.66. The van der Waals surface area contributed by atoms with Crippen LogP contribution < -0.4 is 5.73 Å². The molecule has 3 nitrogen and oxygen atoms in total. The molecule has 2 N–H and O–H groups in total. The Hall–Kier alpha value is -0.580. The molecule has 2 rings (SSSR count). The molecule has 0 bridgehead atoms. The highest BCUT2D eigenvalue weighted by Crippen LogP contribution is 2.26. The summed E-state index contributed by atoms with van der Waals surface area (Å²) in [4.78, 5) is 0.652. The summed E-state index contributed by atoms with van der Waals surface area (Å²) in [5, 5.41) is 0.708. The lowest BCUT2D eigenvalue weighted by Gasteiger charge is -2.22. The number of benzene rings is 1. The van der Waals surface area contributed by atoms with Gasteiger partial charge >= 0.3 is 0 Å². The maximum atomic E-state index is 12.3. The lowest BCUT2D eigenvalue weighted by Crippen LogP contribution is -2.25. The van der Waals surface area contributed by atoms with Crippen molar-refractivity contribution in [2.24, 2.45) is 0 Å². The second kappa shape index (κ2) is 5.17. The van der Waals surface area contributed by atoms with Crippen molar-refractivity contribution in [1.82, 2.24) is 0 Å². The number of halogens is 1. The molecule has 0 spiro atoms. The lowest BCUT2D eigenvalue weighted by atomic mass is 10.2. The van der Waals surface area contributed by atoms with Gasteiger partial charge in [-0.2, -0.15) is 0 Å². The molecule has 5 heteroatoms. The Kier molecular flexibility index (Phi) is 3.84. The Morgan fingerprint density at radius 1 is 1.38 bits per heavy atom. The third-order valence-corrected chi connectivity index (χ3v) is 4.76. The largest absolute Gasteiger partial charge is 0.398 e. The maximum absolute atomic E-state index is 12.3. The van der Waals surface area contributed by atoms with Gasteiger partial charge in [0, 0.05) is 29.2 Å². The summed E-state index contributed by atoms with van der Waals surface area (Å²) < 4.78 is 17.5. The van der Waals surface area contributed by atoms with Crippen molar-refractivity contribution in [3.63, 3.8) is 0 Å². The average molecular weight is 260 g/mol. The molecule has 1 heterocycles. The van der Waals surface area contributed by atoms with Crippen molar-refractivity contribution in [1.29, 1.82) is 0 Å². The van der Waals surface area contributed by atoms with Gasteiger partial charge in [0.1, 0.15) is 0 Å². The Morgan fingerprint density at radius 2 is 2.06 bits per heavy atom. The van der Waals surface area contributed by atoms with Crippen LogP contribution in [0.4, 0.5) is 5.69 Å². The summed E-state index contributed by atoms with van der Waals surface area (Å²) in [5.41, 5.74) is 6.36. The molecule has 1 aromatic rings. The van der Waals surface area contributed by atoms with Crippen LogP contribution in [-0.4, -0.2) is 22.7 Å². The summed E-state index contributed by atoms with van der Waals surface area (Å²) in [6.45, 7) is 1.35.